The van der Waals surface area contributed by atoms with Crippen LogP contribution in [0.2, 0.25) is 0 Å². The van der Waals surface area contributed by atoms with Crippen LogP contribution in [-0.2, 0) is 4.79 Å². The highest BCUT2D eigenvalue weighted by Crippen LogP contribution is 2.14. The molecular formula is C13H19ClFNO2. The van der Waals surface area contributed by atoms with Crippen molar-refractivity contribution in [2.24, 2.45) is 0 Å². The number of halogens is 2. The molecule has 18 heavy (non-hydrogen) atoms. The fraction of sp³-hybridized carbons (Fsp3) is 0.462. The average molecular weight is 276 g/mol. The number of carbonyl (C=O) groups is 1. The molecule has 1 aromatic rings. The maximum absolute atomic E-state index is 12.7. The zero-order valence-corrected chi connectivity index (χ0v) is 11.3. The first-order valence-electron chi connectivity index (χ1n) is 5.79. The van der Waals surface area contributed by atoms with Gasteiger partial charge in [-0.2, -0.15) is 0 Å². The molecule has 2 N–H and O–H groups in total. The first kappa shape index (κ1) is 16.9. The highest BCUT2D eigenvalue weighted by atomic mass is 35.5. The Labute approximate surface area is 113 Å². The molecule has 2 unspecified atom stereocenters. The summed E-state index contributed by atoms with van der Waals surface area (Å²) < 4.78 is 12.7. The quantitative estimate of drug-likeness (QED) is 0.838. The van der Waals surface area contributed by atoms with Gasteiger partial charge in [-0.1, -0.05) is 25.5 Å². The standard InChI is InChI=1S/C13H18FNO2.ClH/c1-3-4-12(13(16)17)15-9(2)10-5-7-11(14)8-6-10;/h5-9,12,15H,3-4H2,1-2H3,(H,16,17);1H. The van der Waals surface area contributed by atoms with Crippen LogP contribution in [0.15, 0.2) is 24.3 Å². The van der Waals surface area contributed by atoms with E-state index in [1.807, 2.05) is 13.8 Å². The number of nitrogens with one attached hydrogen (secondary N) is 1. The zero-order valence-electron chi connectivity index (χ0n) is 10.5. The van der Waals surface area contributed by atoms with E-state index in [4.69, 9.17) is 5.11 Å². The highest BCUT2D eigenvalue weighted by Gasteiger charge is 2.18. The SMILES string of the molecule is CCCC(NC(C)c1ccc(F)cc1)C(=O)O.Cl. The Bertz CT molecular complexity index is 370. The molecule has 0 heterocycles. The lowest BCUT2D eigenvalue weighted by Gasteiger charge is -2.20. The van der Waals surface area contributed by atoms with Crippen LogP contribution >= 0.6 is 12.4 Å². The van der Waals surface area contributed by atoms with Gasteiger partial charge in [0.05, 0.1) is 0 Å². The van der Waals surface area contributed by atoms with Crippen LogP contribution in [0.3, 0.4) is 0 Å². The molecule has 0 saturated carbocycles. The van der Waals surface area contributed by atoms with E-state index in [9.17, 15) is 9.18 Å². The van der Waals surface area contributed by atoms with Crippen LogP contribution in [0.4, 0.5) is 4.39 Å². The molecule has 0 saturated heterocycles. The number of benzene rings is 1. The van der Waals surface area contributed by atoms with Gasteiger partial charge in [-0.15, -0.1) is 12.4 Å². The van der Waals surface area contributed by atoms with E-state index in [1.54, 1.807) is 12.1 Å². The Morgan fingerprint density at radius 2 is 1.94 bits per heavy atom. The van der Waals surface area contributed by atoms with Crippen LogP contribution in [0.5, 0.6) is 0 Å². The molecule has 0 aliphatic heterocycles. The molecule has 2 atom stereocenters. The van der Waals surface area contributed by atoms with Gasteiger partial charge >= 0.3 is 5.97 Å². The van der Waals surface area contributed by atoms with Gasteiger partial charge < -0.3 is 5.11 Å². The summed E-state index contributed by atoms with van der Waals surface area (Å²) in [5, 5.41) is 12.1. The van der Waals surface area contributed by atoms with Crippen molar-refractivity contribution in [2.75, 3.05) is 0 Å². The predicted molar refractivity (Wildman–Crippen MR) is 71.5 cm³/mol. The zero-order chi connectivity index (χ0) is 12.8. The molecule has 0 aliphatic carbocycles. The maximum atomic E-state index is 12.7. The third-order valence-electron chi connectivity index (χ3n) is 2.70. The van der Waals surface area contributed by atoms with Gasteiger partial charge in [0.1, 0.15) is 11.9 Å². The molecule has 1 aromatic carbocycles. The molecule has 0 fully saturated rings. The number of carboxylic acids is 1. The first-order chi connectivity index (χ1) is 8.04. The molecular weight excluding hydrogens is 257 g/mol. The Morgan fingerprint density at radius 3 is 2.39 bits per heavy atom. The molecule has 0 aromatic heterocycles. The monoisotopic (exact) mass is 275 g/mol. The molecule has 0 aliphatic rings. The van der Waals surface area contributed by atoms with Crippen molar-refractivity contribution in [3.63, 3.8) is 0 Å². The lowest BCUT2D eigenvalue weighted by atomic mass is 10.1. The second-order valence-corrected chi connectivity index (χ2v) is 4.12. The molecule has 0 amide bonds. The summed E-state index contributed by atoms with van der Waals surface area (Å²) in [6, 6.07) is 5.42. The molecule has 0 spiro atoms. The fourth-order valence-electron chi connectivity index (χ4n) is 1.72. The molecule has 3 nitrogen and oxygen atoms in total. The summed E-state index contributed by atoms with van der Waals surface area (Å²) in [6.07, 6.45) is 1.39. The summed E-state index contributed by atoms with van der Waals surface area (Å²) in [4.78, 5) is 11.0. The summed E-state index contributed by atoms with van der Waals surface area (Å²) in [6.45, 7) is 3.82. The van der Waals surface area contributed by atoms with Gasteiger partial charge in [-0.05, 0) is 31.0 Å². The Hall–Kier alpha value is -1.13. The Morgan fingerprint density at radius 1 is 1.39 bits per heavy atom. The van der Waals surface area contributed by atoms with Gasteiger partial charge in [0.2, 0.25) is 0 Å². The van der Waals surface area contributed by atoms with Crippen LogP contribution in [0.1, 0.15) is 38.3 Å². The summed E-state index contributed by atoms with van der Waals surface area (Å²) in [5.41, 5.74) is 0.883. The summed E-state index contributed by atoms with van der Waals surface area (Å²) >= 11 is 0. The largest absolute Gasteiger partial charge is 0.480 e. The van der Waals surface area contributed by atoms with Crippen LogP contribution in [0, 0.1) is 5.82 Å². The number of carboxylic acid groups (broad SMARTS) is 1. The number of hydrogen-bond donors (Lipinski definition) is 2. The minimum absolute atomic E-state index is 0. The van der Waals surface area contributed by atoms with Crippen molar-refractivity contribution in [3.05, 3.63) is 35.6 Å². The molecule has 1 rings (SSSR count). The van der Waals surface area contributed by atoms with Crippen molar-refractivity contribution in [3.8, 4) is 0 Å². The predicted octanol–water partition coefficient (Wildman–Crippen LogP) is 3.15. The van der Waals surface area contributed by atoms with Crippen molar-refractivity contribution in [1.82, 2.24) is 5.32 Å². The smallest absolute Gasteiger partial charge is 0.320 e. The first-order valence-corrected chi connectivity index (χ1v) is 5.79. The van der Waals surface area contributed by atoms with Crippen LogP contribution in [0.25, 0.3) is 0 Å². The van der Waals surface area contributed by atoms with E-state index in [-0.39, 0.29) is 24.3 Å². The van der Waals surface area contributed by atoms with Gasteiger partial charge in [0.25, 0.3) is 0 Å². The van der Waals surface area contributed by atoms with E-state index in [0.717, 1.165) is 12.0 Å². The van der Waals surface area contributed by atoms with E-state index in [0.29, 0.717) is 6.42 Å². The Kier molecular flexibility index (Phi) is 7.55. The number of rotatable bonds is 6. The van der Waals surface area contributed by atoms with Gasteiger partial charge in [-0.25, -0.2) is 4.39 Å². The second kappa shape index (κ2) is 8.06. The van der Waals surface area contributed by atoms with Crippen molar-refractivity contribution in [2.45, 2.75) is 38.8 Å². The normalized spacial score (nSPS) is 13.5. The Balaban J connectivity index is 0.00000289. The van der Waals surface area contributed by atoms with Gasteiger partial charge in [0.15, 0.2) is 0 Å². The average Bonchev–Trinajstić information content (AvgIpc) is 2.29. The van der Waals surface area contributed by atoms with E-state index < -0.39 is 12.0 Å². The van der Waals surface area contributed by atoms with Gasteiger partial charge in [-0.3, -0.25) is 10.1 Å². The molecule has 5 heteroatoms. The van der Waals surface area contributed by atoms with E-state index >= 15 is 0 Å². The van der Waals surface area contributed by atoms with Gasteiger partial charge in [0, 0.05) is 6.04 Å². The lowest BCUT2D eigenvalue weighted by molar-refractivity contribution is -0.139. The van der Waals surface area contributed by atoms with Crippen LogP contribution in [-0.4, -0.2) is 17.1 Å². The van der Waals surface area contributed by atoms with Crippen LogP contribution < -0.4 is 5.32 Å². The number of aliphatic carboxylic acids is 1. The maximum Gasteiger partial charge on any atom is 0.320 e. The molecule has 0 radical (unpaired) electrons. The summed E-state index contributed by atoms with van der Waals surface area (Å²) in [7, 11) is 0. The topological polar surface area (TPSA) is 49.3 Å². The van der Waals surface area contributed by atoms with Crippen molar-refractivity contribution >= 4 is 18.4 Å². The van der Waals surface area contributed by atoms with Crippen molar-refractivity contribution in [1.29, 1.82) is 0 Å². The second-order valence-electron chi connectivity index (χ2n) is 4.12. The van der Waals surface area contributed by atoms with E-state index in [2.05, 4.69) is 5.32 Å². The molecule has 102 valence electrons. The third kappa shape index (κ3) is 5.02. The highest BCUT2D eigenvalue weighted by molar-refractivity contribution is 5.85. The minimum atomic E-state index is -0.846. The summed E-state index contributed by atoms with van der Waals surface area (Å²) in [5.74, 6) is -1.13. The molecule has 0 bridgehead atoms. The third-order valence-corrected chi connectivity index (χ3v) is 2.70. The lowest BCUT2D eigenvalue weighted by Crippen LogP contribution is -2.38. The van der Waals surface area contributed by atoms with E-state index in [1.165, 1.54) is 12.1 Å². The number of hydrogen-bond acceptors (Lipinski definition) is 2. The van der Waals surface area contributed by atoms with Crippen molar-refractivity contribution < 1.29 is 14.3 Å². The fourth-order valence-corrected chi connectivity index (χ4v) is 1.72. The minimum Gasteiger partial charge on any atom is -0.480 e.